The Bertz CT molecular complexity index is 541. The van der Waals surface area contributed by atoms with E-state index in [1.165, 1.54) is 0 Å². The topological polar surface area (TPSA) is 97.9 Å². The monoisotopic (exact) mass is 209 g/mol. The standard InChI is InChI=1S/C8H11N5O2/c1-13(2)8-9-6-5(7(15)10-8)4(3-14)11-12-6/h14H,3H2,1-2H3,(H2,9,10,11,12,15). The molecule has 0 aromatic carbocycles. The fourth-order valence-electron chi connectivity index (χ4n) is 1.31. The Morgan fingerprint density at radius 2 is 2.20 bits per heavy atom. The molecule has 0 radical (unpaired) electrons. The minimum absolute atomic E-state index is 0.261. The third-order valence-electron chi connectivity index (χ3n) is 2.07. The number of nitrogens with zero attached hydrogens (tertiary/aromatic N) is 3. The zero-order valence-corrected chi connectivity index (χ0v) is 8.40. The van der Waals surface area contributed by atoms with Gasteiger partial charge >= 0.3 is 0 Å². The predicted molar refractivity (Wildman–Crippen MR) is 54.8 cm³/mol. The minimum atomic E-state index is -0.304. The first-order valence-electron chi connectivity index (χ1n) is 4.39. The number of H-pyrrole nitrogens is 2. The summed E-state index contributed by atoms with van der Waals surface area (Å²) >= 11 is 0. The smallest absolute Gasteiger partial charge is 0.263 e. The van der Waals surface area contributed by atoms with Crippen LogP contribution in [-0.4, -0.2) is 39.4 Å². The van der Waals surface area contributed by atoms with Crippen LogP contribution in [0, 0.1) is 0 Å². The van der Waals surface area contributed by atoms with Crippen LogP contribution in [-0.2, 0) is 6.61 Å². The van der Waals surface area contributed by atoms with Gasteiger partial charge in [-0.2, -0.15) is 10.1 Å². The molecule has 0 aliphatic rings. The second-order valence-electron chi connectivity index (χ2n) is 3.34. The van der Waals surface area contributed by atoms with Gasteiger partial charge in [-0.25, -0.2) is 0 Å². The van der Waals surface area contributed by atoms with Gasteiger partial charge in [0.25, 0.3) is 5.56 Å². The molecule has 2 heterocycles. The summed E-state index contributed by atoms with van der Waals surface area (Å²) in [5, 5.41) is 15.7. The van der Waals surface area contributed by atoms with Gasteiger partial charge in [-0.05, 0) is 0 Å². The van der Waals surface area contributed by atoms with Crippen molar-refractivity contribution in [1.82, 2.24) is 20.2 Å². The third-order valence-corrected chi connectivity index (χ3v) is 2.07. The molecule has 0 unspecified atom stereocenters. The van der Waals surface area contributed by atoms with Gasteiger partial charge in [0.2, 0.25) is 5.95 Å². The summed E-state index contributed by atoms with van der Waals surface area (Å²) in [5.74, 6) is 0.434. The highest BCUT2D eigenvalue weighted by Gasteiger charge is 2.11. The minimum Gasteiger partial charge on any atom is -0.390 e. The van der Waals surface area contributed by atoms with Gasteiger partial charge in [-0.15, -0.1) is 0 Å². The van der Waals surface area contributed by atoms with Crippen molar-refractivity contribution in [3.8, 4) is 0 Å². The van der Waals surface area contributed by atoms with Crippen molar-refractivity contribution in [2.75, 3.05) is 19.0 Å². The highest BCUT2D eigenvalue weighted by Crippen LogP contribution is 2.10. The summed E-state index contributed by atoms with van der Waals surface area (Å²) in [7, 11) is 3.54. The number of aliphatic hydroxyl groups is 1. The molecule has 2 aromatic rings. The average molecular weight is 209 g/mol. The first kappa shape index (κ1) is 9.66. The molecule has 0 amide bonds. The molecule has 0 aliphatic heterocycles. The molecule has 0 fully saturated rings. The number of aromatic amines is 2. The zero-order valence-electron chi connectivity index (χ0n) is 8.40. The van der Waals surface area contributed by atoms with Crippen LogP contribution >= 0.6 is 0 Å². The van der Waals surface area contributed by atoms with E-state index in [4.69, 9.17) is 5.11 Å². The van der Waals surface area contributed by atoms with E-state index in [0.29, 0.717) is 22.7 Å². The number of anilines is 1. The van der Waals surface area contributed by atoms with E-state index < -0.39 is 0 Å². The molecule has 0 saturated heterocycles. The zero-order chi connectivity index (χ0) is 11.0. The lowest BCUT2D eigenvalue weighted by atomic mass is 10.3. The van der Waals surface area contributed by atoms with Crippen molar-refractivity contribution in [3.63, 3.8) is 0 Å². The highest BCUT2D eigenvalue weighted by molar-refractivity contribution is 5.77. The van der Waals surface area contributed by atoms with Crippen molar-refractivity contribution in [1.29, 1.82) is 0 Å². The van der Waals surface area contributed by atoms with Crippen LogP contribution in [0.5, 0.6) is 0 Å². The summed E-state index contributed by atoms with van der Waals surface area (Å²) in [4.78, 5) is 20.0. The molecule has 7 heteroatoms. The van der Waals surface area contributed by atoms with E-state index in [1.54, 1.807) is 19.0 Å². The molecule has 0 bridgehead atoms. The molecule has 0 spiro atoms. The van der Waals surface area contributed by atoms with Crippen LogP contribution in [0.15, 0.2) is 4.79 Å². The first-order valence-corrected chi connectivity index (χ1v) is 4.39. The van der Waals surface area contributed by atoms with Crippen LogP contribution < -0.4 is 10.5 Å². The van der Waals surface area contributed by atoms with Crippen molar-refractivity contribution in [2.24, 2.45) is 0 Å². The van der Waals surface area contributed by atoms with E-state index in [9.17, 15) is 4.79 Å². The lowest BCUT2D eigenvalue weighted by Crippen LogP contribution is -2.18. The Hall–Kier alpha value is -1.89. The lowest BCUT2D eigenvalue weighted by Gasteiger charge is -2.09. The van der Waals surface area contributed by atoms with Gasteiger partial charge in [0, 0.05) is 14.1 Å². The van der Waals surface area contributed by atoms with E-state index in [-0.39, 0.29) is 12.2 Å². The van der Waals surface area contributed by atoms with Crippen molar-refractivity contribution in [3.05, 3.63) is 16.0 Å². The second-order valence-corrected chi connectivity index (χ2v) is 3.34. The largest absolute Gasteiger partial charge is 0.390 e. The fraction of sp³-hybridized carbons (Fsp3) is 0.375. The van der Waals surface area contributed by atoms with Crippen LogP contribution in [0.3, 0.4) is 0 Å². The molecule has 2 rings (SSSR count). The number of aromatic nitrogens is 4. The van der Waals surface area contributed by atoms with Crippen LogP contribution in [0.1, 0.15) is 5.69 Å². The van der Waals surface area contributed by atoms with Gasteiger partial charge in [0.05, 0.1) is 12.3 Å². The third kappa shape index (κ3) is 1.46. The van der Waals surface area contributed by atoms with Crippen LogP contribution in [0.25, 0.3) is 11.0 Å². The molecule has 0 saturated carbocycles. The Labute approximate surface area is 84.8 Å². The summed E-state index contributed by atoms with van der Waals surface area (Å²) in [6, 6.07) is 0. The van der Waals surface area contributed by atoms with Gasteiger partial charge in [0.1, 0.15) is 5.39 Å². The molecule has 0 atom stereocenters. The first-order chi connectivity index (χ1) is 7.13. The number of hydrogen-bond acceptors (Lipinski definition) is 5. The summed E-state index contributed by atoms with van der Waals surface area (Å²) in [5.41, 5.74) is 0.386. The van der Waals surface area contributed by atoms with Gasteiger partial charge < -0.3 is 10.0 Å². The summed E-state index contributed by atoms with van der Waals surface area (Å²) in [6.07, 6.45) is 0. The van der Waals surface area contributed by atoms with Crippen molar-refractivity contribution >= 4 is 17.0 Å². The van der Waals surface area contributed by atoms with E-state index in [1.807, 2.05) is 0 Å². The molecule has 80 valence electrons. The predicted octanol–water partition coefficient (Wildman–Crippen LogP) is -0.796. The molecular formula is C8H11N5O2. The molecule has 2 aromatic heterocycles. The van der Waals surface area contributed by atoms with Gasteiger partial charge in [-0.3, -0.25) is 14.9 Å². The molecule has 3 N–H and O–H groups in total. The Morgan fingerprint density at radius 1 is 1.47 bits per heavy atom. The number of nitrogens with one attached hydrogen (secondary N) is 2. The number of fused-ring (bicyclic) bond motifs is 1. The quantitative estimate of drug-likeness (QED) is 0.601. The Morgan fingerprint density at radius 3 is 2.80 bits per heavy atom. The van der Waals surface area contributed by atoms with E-state index in [0.717, 1.165) is 0 Å². The van der Waals surface area contributed by atoms with Gasteiger partial charge in [-0.1, -0.05) is 0 Å². The maximum atomic E-state index is 11.7. The van der Waals surface area contributed by atoms with E-state index >= 15 is 0 Å². The second kappa shape index (κ2) is 3.35. The summed E-state index contributed by atoms with van der Waals surface area (Å²) in [6.45, 7) is -0.261. The van der Waals surface area contributed by atoms with Crippen molar-refractivity contribution in [2.45, 2.75) is 6.61 Å². The van der Waals surface area contributed by atoms with Crippen molar-refractivity contribution < 1.29 is 5.11 Å². The normalized spacial score (nSPS) is 10.9. The maximum Gasteiger partial charge on any atom is 0.263 e. The Balaban J connectivity index is 2.75. The number of hydrogen-bond donors (Lipinski definition) is 3. The number of aliphatic hydroxyl groups excluding tert-OH is 1. The SMILES string of the molecule is CN(C)c1nc2n[nH]c(CO)c2c(=O)[nH]1. The van der Waals surface area contributed by atoms with Crippen LogP contribution in [0.4, 0.5) is 5.95 Å². The van der Waals surface area contributed by atoms with Crippen LogP contribution in [0.2, 0.25) is 0 Å². The molecule has 0 aliphatic carbocycles. The number of rotatable bonds is 2. The molecule has 15 heavy (non-hydrogen) atoms. The average Bonchev–Trinajstić information content (AvgIpc) is 2.60. The van der Waals surface area contributed by atoms with Gasteiger partial charge in [0.15, 0.2) is 5.65 Å². The fourth-order valence-corrected chi connectivity index (χ4v) is 1.31. The Kier molecular flexibility index (Phi) is 2.16. The van der Waals surface area contributed by atoms with E-state index in [2.05, 4.69) is 20.2 Å². The molecular weight excluding hydrogens is 198 g/mol. The summed E-state index contributed by atoms with van der Waals surface area (Å²) < 4.78 is 0. The maximum absolute atomic E-state index is 11.7. The lowest BCUT2D eigenvalue weighted by molar-refractivity contribution is 0.278. The molecule has 7 nitrogen and oxygen atoms in total. The highest BCUT2D eigenvalue weighted by atomic mass is 16.3.